The van der Waals surface area contributed by atoms with Gasteiger partial charge in [0.2, 0.25) is 0 Å². The van der Waals surface area contributed by atoms with Crippen LogP contribution in [0.1, 0.15) is 18.4 Å². The predicted octanol–water partition coefficient (Wildman–Crippen LogP) is 0.861. The Morgan fingerprint density at radius 1 is 1.11 bits per heavy atom. The summed E-state index contributed by atoms with van der Waals surface area (Å²) in [6.45, 7) is 2.54. The lowest BCUT2D eigenvalue weighted by molar-refractivity contribution is -0.125. The molecule has 1 aromatic rings. The maximum absolute atomic E-state index is 11.8. The first kappa shape index (κ1) is 12.2. The molecule has 2 aliphatic rings. The Hall–Kier alpha value is -1.88. The summed E-state index contributed by atoms with van der Waals surface area (Å²) < 4.78 is 0. The molecule has 2 fully saturated rings. The summed E-state index contributed by atoms with van der Waals surface area (Å²) in [5.41, 5.74) is 0.614. The van der Waals surface area contributed by atoms with Crippen LogP contribution in [0, 0.1) is 0 Å². The first-order valence-corrected chi connectivity index (χ1v) is 6.58. The van der Waals surface area contributed by atoms with Crippen molar-refractivity contribution in [3.05, 3.63) is 35.9 Å². The minimum absolute atomic E-state index is 0.170. The summed E-state index contributed by atoms with van der Waals surface area (Å²) in [5, 5.41) is 5.11. The number of nitrogens with zero attached hydrogens (tertiary/aromatic N) is 1. The zero-order chi connectivity index (χ0) is 13.3. The number of urea groups is 1. The Morgan fingerprint density at radius 3 is 2.37 bits per heavy atom. The van der Waals surface area contributed by atoms with Gasteiger partial charge < -0.3 is 5.32 Å². The van der Waals surface area contributed by atoms with Crippen molar-refractivity contribution >= 4 is 11.9 Å². The number of hydrogen-bond acceptors (Lipinski definition) is 3. The van der Waals surface area contributed by atoms with Gasteiger partial charge in [-0.15, -0.1) is 0 Å². The average Bonchev–Trinajstić information content (AvgIpc) is 2.68. The average molecular weight is 259 g/mol. The van der Waals surface area contributed by atoms with Gasteiger partial charge in [0.1, 0.15) is 5.54 Å². The standard InChI is InChI=1S/C14H17N3O2/c18-12-14(16-13(19)15-12)6-8-17(9-7-14)10-11-4-2-1-3-5-11/h1-5H,6-10H2,(H2,15,16,18,19). The topological polar surface area (TPSA) is 61.4 Å². The van der Waals surface area contributed by atoms with Gasteiger partial charge in [-0.25, -0.2) is 4.79 Å². The fourth-order valence-electron chi connectivity index (χ4n) is 2.81. The Bertz CT molecular complexity index is 493. The van der Waals surface area contributed by atoms with Gasteiger partial charge in [0.25, 0.3) is 5.91 Å². The van der Waals surface area contributed by atoms with E-state index in [-0.39, 0.29) is 11.9 Å². The number of carbonyl (C=O) groups is 2. The molecule has 2 N–H and O–H groups in total. The number of nitrogens with one attached hydrogen (secondary N) is 2. The largest absolute Gasteiger partial charge is 0.323 e. The van der Waals surface area contributed by atoms with E-state index >= 15 is 0 Å². The molecule has 0 bridgehead atoms. The van der Waals surface area contributed by atoms with Crippen LogP contribution in [0.4, 0.5) is 4.79 Å². The van der Waals surface area contributed by atoms with Gasteiger partial charge >= 0.3 is 6.03 Å². The van der Waals surface area contributed by atoms with Gasteiger partial charge in [-0.05, 0) is 18.4 Å². The maximum atomic E-state index is 11.8. The zero-order valence-corrected chi connectivity index (χ0v) is 10.7. The molecule has 0 saturated carbocycles. The van der Waals surface area contributed by atoms with Crippen molar-refractivity contribution in [2.24, 2.45) is 0 Å². The molecule has 2 heterocycles. The normalized spacial score (nSPS) is 22.3. The van der Waals surface area contributed by atoms with Crippen LogP contribution < -0.4 is 10.6 Å². The van der Waals surface area contributed by atoms with E-state index in [9.17, 15) is 9.59 Å². The molecule has 0 aromatic heterocycles. The second-order valence-electron chi connectivity index (χ2n) is 5.25. The van der Waals surface area contributed by atoms with Crippen LogP contribution in [-0.4, -0.2) is 35.5 Å². The van der Waals surface area contributed by atoms with Crippen molar-refractivity contribution in [3.8, 4) is 0 Å². The Kier molecular flexibility index (Phi) is 2.98. The number of piperidine rings is 1. The minimum atomic E-state index is -0.662. The second-order valence-corrected chi connectivity index (χ2v) is 5.25. The number of amides is 3. The lowest BCUT2D eigenvalue weighted by Gasteiger charge is -2.36. The highest BCUT2D eigenvalue weighted by Crippen LogP contribution is 2.26. The molecule has 0 radical (unpaired) electrons. The Labute approximate surface area is 112 Å². The number of benzene rings is 1. The van der Waals surface area contributed by atoms with Gasteiger partial charge in [-0.2, -0.15) is 0 Å². The summed E-state index contributed by atoms with van der Waals surface area (Å²) >= 11 is 0. The molecule has 100 valence electrons. The summed E-state index contributed by atoms with van der Waals surface area (Å²) in [6, 6.07) is 9.92. The number of rotatable bonds is 2. The summed E-state index contributed by atoms with van der Waals surface area (Å²) in [4.78, 5) is 25.4. The van der Waals surface area contributed by atoms with E-state index < -0.39 is 5.54 Å². The van der Waals surface area contributed by atoms with Crippen molar-refractivity contribution in [1.82, 2.24) is 15.5 Å². The van der Waals surface area contributed by atoms with E-state index in [1.54, 1.807) is 0 Å². The Balaban J connectivity index is 1.61. The molecule has 2 aliphatic heterocycles. The summed E-state index contributed by atoms with van der Waals surface area (Å²) in [5.74, 6) is -0.170. The maximum Gasteiger partial charge on any atom is 0.322 e. The molecule has 19 heavy (non-hydrogen) atoms. The quantitative estimate of drug-likeness (QED) is 0.774. The van der Waals surface area contributed by atoms with Crippen molar-refractivity contribution in [2.75, 3.05) is 13.1 Å². The van der Waals surface area contributed by atoms with Crippen molar-refractivity contribution in [3.63, 3.8) is 0 Å². The van der Waals surface area contributed by atoms with Gasteiger partial charge in [0.15, 0.2) is 0 Å². The van der Waals surface area contributed by atoms with Crippen LogP contribution in [0.5, 0.6) is 0 Å². The fourth-order valence-corrected chi connectivity index (χ4v) is 2.81. The SMILES string of the molecule is O=C1NC(=O)C2(CCN(Cc3ccccc3)CC2)N1. The smallest absolute Gasteiger partial charge is 0.322 e. The highest BCUT2D eigenvalue weighted by molar-refractivity contribution is 6.07. The van der Waals surface area contributed by atoms with Gasteiger partial charge in [-0.3, -0.25) is 15.0 Å². The lowest BCUT2D eigenvalue weighted by atomic mass is 9.87. The third kappa shape index (κ3) is 2.33. The molecule has 1 aromatic carbocycles. The number of likely N-dealkylation sites (tertiary alicyclic amines) is 1. The number of imide groups is 1. The zero-order valence-electron chi connectivity index (χ0n) is 10.7. The molecule has 1 spiro atoms. The molecule has 5 nitrogen and oxygen atoms in total. The second kappa shape index (κ2) is 4.66. The van der Waals surface area contributed by atoms with E-state index in [2.05, 4.69) is 27.7 Å². The summed E-state index contributed by atoms with van der Waals surface area (Å²) in [7, 11) is 0. The van der Waals surface area contributed by atoms with E-state index in [4.69, 9.17) is 0 Å². The fraction of sp³-hybridized carbons (Fsp3) is 0.429. The molecule has 0 aliphatic carbocycles. The number of carbonyl (C=O) groups excluding carboxylic acids is 2. The molecule has 2 saturated heterocycles. The summed E-state index contributed by atoms with van der Waals surface area (Å²) in [6.07, 6.45) is 1.36. The first-order chi connectivity index (χ1) is 9.18. The van der Waals surface area contributed by atoms with Crippen molar-refractivity contribution in [1.29, 1.82) is 0 Å². The molecule has 3 rings (SSSR count). The molecule has 5 heteroatoms. The highest BCUT2D eigenvalue weighted by Gasteiger charge is 2.47. The molecule has 3 amide bonds. The third-order valence-corrected chi connectivity index (χ3v) is 3.97. The van der Waals surface area contributed by atoms with Crippen LogP contribution in [0.3, 0.4) is 0 Å². The van der Waals surface area contributed by atoms with E-state index in [1.807, 2.05) is 18.2 Å². The van der Waals surface area contributed by atoms with Crippen LogP contribution >= 0.6 is 0 Å². The van der Waals surface area contributed by atoms with E-state index in [0.717, 1.165) is 19.6 Å². The molecule has 0 unspecified atom stereocenters. The van der Waals surface area contributed by atoms with Gasteiger partial charge in [0.05, 0.1) is 0 Å². The van der Waals surface area contributed by atoms with Gasteiger partial charge in [-0.1, -0.05) is 30.3 Å². The molecular weight excluding hydrogens is 242 g/mol. The molecule has 0 atom stereocenters. The predicted molar refractivity (Wildman–Crippen MR) is 70.4 cm³/mol. The lowest BCUT2D eigenvalue weighted by Crippen LogP contribution is -2.54. The Morgan fingerprint density at radius 2 is 1.79 bits per heavy atom. The van der Waals surface area contributed by atoms with Crippen LogP contribution in [-0.2, 0) is 11.3 Å². The van der Waals surface area contributed by atoms with E-state index in [0.29, 0.717) is 12.8 Å². The minimum Gasteiger partial charge on any atom is -0.323 e. The van der Waals surface area contributed by atoms with Gasteiger partial charge in [0, 0.05) is 19.6 Å². The van der Waals surface area contributed by atoms with Crippen LogP contribution in [0.2, 0.25) is 0 Å². The highest BCUT2D eigenvalue weighted by atomic mass is 16.2. The van der Waals surface area contributed by atoms with Crippen LogP contribution in [0.15, 0.2) is 30.3 Å². The first-order valence-electron chi connectivity index (χ1n) is 6.58. The van der Waals surface area contributed by atoms with E-state index in [1.165, 1.54) is 5.56 Å². The van der Waals surface area contributed by atoms with Crippen molar-refractivity contribution < 1.29 is 9.59 Å². The molecular formula is C14H17N3O2. The van der Waals surface area contributed by atoms with Crippen LogP contribution in [0.25, 0.3) is 0 Å². The number of hydrogen-bond donors (Lipinski definition) is 2. The monoisotopic (exact) mass is 259 g/mol. The van der Waals surface area contributed by atoms with Crippen molar-refractivity contribution in [2.45, 2.75) is 24.9 Å². The third-order valence-electron chi connectivity index (χ3n) is 3.97.